The predicted molar refractivity (Wildman–Crippen MR) is 252 cm³/mol. The second kappa shape index (κ2) is 24.3. The number of carboxylic acids is 1. The highest BCUT2D eigenvalue weighted by molar-refractivity contribution is 6.35. The number of hydrogen-bond acceptors (Lipinski definition) is 15. The number of benzene rings is 1. The van der Waals surface area contributed by atoms with Crippen molar-refractivity contribution in [2.24, 2.45) is 0 Å². The lowest BCUT2D eigenvalue weighted by molar-refractivity contribution is -0.328. The number of alkyl carbamates (subject to hydrolysis) is 1. The van der Waals surface area contributed by atoms with Crippen molar-refractivity contribution in [2.75, 3.05) is 79.3 Å². The maximum absolute atomic E-state index is 14.4. The Morgan fingerprint density at radius 3 is 2.32 bits per heavy atom. The van der Waals surface area contributed by atoms with E-state index in [2.05, 4.69) is 10.6 Å². The molecule has 0 saturated carbocycles. The molecule has 1 aromatic rings. The van der Waals surface area contributed by atoms with Crippen LogP contribution in [0.15, 0.2) is 35.9 Å². The SMILES string of the molecule is COc1cc2cc(c1Cl)N(C)C(=O)C[C@H](OC(=O)[C@H](C)N(C)C(=O)CCC(=O)N(CCOCCOCCC(=O)O)C1CCNCC1)[C@@]1(C)C[C@](C)(O1)[C@@H]1C[C@@](O)(NC(=O)O1)[C@H](OC)/C=C/C=C(\C)C2. The van der Waals surface area contributed by atoms with Crippen LogP contribution in [-0.2, 0) is 58.8 Å². The van der Waals surface area contributed by atoms with E-state index in [-0.39, 0.29) is 82.0 Å². The number of carboxylic acid groups (broad SMARTS) is 1. The van der Waals surface area contributed by atoms with Gasteiger partial charge in [0.05, 0.1) is 52.1 Å². The maximum Gasteiger partial charge on any atom is 0.409 e. The molecule has 3 saturated heterocycles. The average Bonchev–Trinajstić information content (AvgIpc) is 3.29. The number of carbonyl (C=O) groups excluding carboxylic acids is 5. The summed E-state index contributed by atoms with van der Waals surface area (Å²) in [7, 11) is 5.86. The minimum atomic E-state index is -1.91. The molecule has 7 atom stereocenters. The number of piperidine rings is 1. The molecule has 0 unspecified atom stereocenters. The van der Waals surface area contributed by atoms with Gasteiger partial charge >= 0.3 is 18.0 Å². The van der Waals surface area contributed by atoms with Gasteiger partial charge in [-0.15, -0.1) is 0 Å². The van der Waals surface area contributed by atoms with E-state index < -0.39 is 77.5 Å². The first kappa shape index (κ1) is 55.1. The zero-order chi connectivity index (χ0) is 50.7. The zero-order valence-electron chi connectivity index (χ0n) is 41.0. The molecule has 4 N–H and O–H groups in total. The Labute approximate surface area is 408 Å². The van der Waals surface area contributed by atoms with Crippen LogP contribution < -0.4 is 20.3 Å². The predicted octanol–water partition coefficient (Wildman–Crippen LogP) is 3.53. The van der Waals surface area contributed by atoms with Gasteiger partial charge in [0.15, 0.2) is 5.72 Å². The van der Waals surface area contributed by atoms with E-state index in [4.69, 9.17) is 49.9 Å². The fourth-order valence-electron chi connectivity index (χ4n) is 9.32. The van der Waals surface area contributed by atoms with E-state index in [0.29, 0.717) is 17.9 Å². The molecular formula is C48H70ClN5O15. The standard InChI is InChI=1S/C48H70ClN5O15/c1-30-10-9-11-36(64-8)48(62)28-38(68-45(61)51-48)47(4)29-46(3,69-47)37(27-41(57)53(6)34-25-32(24-30)26-35(63-7)43(34)49)67-44(60)31(2)52(5)39(55)12-13-40(56)54(33-14-17-50-18-15-33)19-21-66-23-22-65-20-16-42(58)59/h9-11,25-26,31,33,36-38,50,62H,12-24,27-29H2,1-8H3,(H,51,61)(H,58,59)/b11-9+,30-10+/t31-,36+,37-,38-,46+,47-,48-/m0/s1. The molecule has 3 fully saturated rings. The Hall–Kier alpha value is -4.83. The molecule has 0 aromatic heterocycles. The number of halogens is 1. The normalized spacial score (nSPS) is 28.2. The van der Waals surface area contributed by atoms with Crippen molar-refractivity contribution < 1.29 is 72.1 Å². The second-order valence-electron chi connectivity index (χ2n) is 18.6. The number of amides is 4. The summed E-state index contributed by atoms with van der Waals surface area (Å²) in [6, 6.07) is 2.32. The summed E-state index contributed by atoms with van der Waals surface area (Å²) in [5.74, 6) is -2.67. The third kappa shape index (κ3) is 14.2. The Morgan fingerprint density at radius 1 is 1.00 bits per heavy atom. The summed E-state index contributed by atoms with van der Waals surface area (Å²) in [6.07, 6.45) is 2.05. The molecule has 6 bridgehead atoms. The summed E-state index contributed by atoms with van der Waals surface area (Å²) in [5, 5.41) is 26.6. The van der Waals surface area contributed by atoms with Gasteiger partial charge in [0.1, 0.15) is 46.3 Å². The van der Waals surface area contributed by atoms with Crippen molar-refractivity contribution in [1.29, 1.82) is 0 Å². The number of anilines is 1. The molecular weight excluding hydrogens is 922 g/mol. The summed E-state index contributed by atoms with van der Waals surface area (Å²) < 4.78 is 40.7. The molecule has 0 spiro atoms. The molecule has 1 aromatic carbocycles. The van der Waals surface area contributed by atoms with E-state index in [0.717, 1.165) is 37.1 Å². The van der Waals surface area contributed by atoms with Crippen molar-refractivity contribution >= 4 is 53.0 Å². The van der Waals surface area contributed by atoms with Gasteiger partial charge in [-0.3, -0.25) is 24.5 Å². The Balaban J connectivity index is 1.33. The highest BCUT2D eigenvalue weighted by Crippen LogP contribution is 2.50. The lowest BCUT2D eigenvalue weighted by Crippen LogP contribution is -2.72. The largest absolute Gasteiger partial charge is 0.495 e. The smallest absolute Gasteiger partial charge is 0.409 e. The number of rotatable bonds is 18. The van der Waals surface area contributed by atoms with Gasteiger partial charge in [-0.25, -0.2) is 9.59 Å². The minimum Gasteiger partial charge on any atom is -0.495 e. The summed E-state index contributed by atoms with van der Waals surface area (Å²) in [4.78, 5) is 83.9. The van der Waals surface area contributed by atoms with Gasteiger partial charge in [-0.1, -0.05) is 35.4 Å². The number of methoxy groups -OCH3 is 2. The van der Waals surface area contributed by atoms with E-state index >= 15 is 0 Å². The lowest BCUT2D eigenvalue weighted by atomic mass is 9.72. The van der Waals surface area contributed by atoms with Crippen molar-refractivity contribution in [3.63, 3.8) is 0 Å². The van der Waals surface area contributed by atoms with Crippen LogP contribution in [0.5, 0.6) is 5.75 Å². The number of nitrogens with one attached hydrogen (secondary N) is 2. The number of nitrogens with zero attached hydrogens (tertiary/aromatic N) is 3. The summed E-state index contributed by atoms with van der Waals surface area (Å²) in [5.41, 5.74) is -2.45. The molecule has 4 amide bonds. The zero-order valence-corrected chi connectivity index (χ0v) is 41.8. The number of allylic oxidation sites excluding steroid dienone is 3. The molecule has 20 nitrogen and oxygen atoms in total. The van der Waals surface area contributed by atoms with Crippen LogP contribution in [0.25, 0.3) is 0 Å². The number of aliphatic hydroxyl groups is 1. The van der Waals surface area contributed by atoms with Crippen LogP contribution in [0, 0.1) is 0 Å². The molecule has 5 aliphatic heterocycles. The number of likely N-dealkylation sites (N-methyl/N-ethyl adjacent to an activating group) is 1. The van der Waals surface area contributed by atoms with Crippen LogP contribution in [0.2, 0.25) is 5.02 Å². The third-order valence-corrected chi connectivity index (χ3v) is 13.7. The number of carbonyl (C=O) groups is 6. The quantitative estimate of drug-likeness (QED) is 0.122. The summed E-state index contributed by atoms with van der Waals surface area (Å²) >= 11 is 6.82. The number of fused-ring (bicyclic) bond motifs is 6. The average molecular weight is 993 g/mol. The van der Waals surface area contributed by atoms with E-state index in [1.165, 1.54) is 38.0 Å². The van der Waals surface area contributed by atoms with Gasteiger partial charge in [-0.2, -0.15) is 0 Å². The molecule has 0 radical (unpaired) electrons. The number of hydrogen-bond donors (Lipinski definition) is 4. The maximum atomic E-state index is 14.4. The van der Waals surface area contributed by atoms with Crippen molar-refractivity contribution in [3.8, 4) is 5.75 Å². The monoisotopic (exact) mass is 991 g/mol. The Morgan fingerprint density at radius 2 is 1.67 bits per heavy atom. The topological polar surface area (TPSA) is 241 Å². The highest BCUT2D eigenvalue weighted by Gasteiger charge is 2.63. The van der Waals surface area contributed by atoms with Gasteiger partial charge in [-0.05, 0) is 77.7 Å². The molecule has 6 rings (SSSR count). The summed E-state index contributed by atoms with van der Waals surface area (Å²) in [6.45, 7) is 9.24. The second-order valence-corrected chi connectivity index (χ2v) is 19.0. The first-order valence-electron chi connectivity index (χ1n) is 23.4. The van der Waals surface area contributed by atoms with Gasteiger partial charge < -0.3 is 63.4 Å². The van der Waals surface area contributed by atoms with Crippen molar-refractivity contribution in [3.05, 3.63) is 46.5 Å². The molecule has 384 valence electrons. The number of aliphatic carboxylic acids is 1. The van der Waals surface area contributed by atoms with E-state index in [1.807, 2.05) is 13.0 Å². The van der Waals surface area contributed by atoms with Crippen LogP contribution in [-0.4, -0.2) is 177 Å². The van der Waals surface area contributed by atoms with Crippen LogP contribution in [0.1, 0.15) is 84.6 Å². The lowest BCUT2D eigenvalue weighted by Gasteiger charge is -2.59. The first-order chi connectivity index (χ1) is 32.6. The highest BCUT2D eigenvalue weighted by atomic mass is 35.5. The van der Waals surface area contributed by atoms with Crippen LogP contribution >= 0.6 is 11.6 Å². The van der Waals surface area contributed by atoms with E-state index in [1.54, 1.807) is 50.1 Å². The Bertz CT molecular complexity index is 2070. The number of ether oxygens (including phenoxy) is 7. The van der Waals surface area contributed by atoms with Gasteiger partial charge in [0.2, 0.25) is 17.7 Å². The molecule has 21 heteroatoms. The van der Waals surface area contributed by atoms with Gasteiger partial charge in [0, 0.05) is 59.5 Å². The fraction of sp³-hybridized carbons (Fsp3) is 0.667. The van der Waals surface area contributed by atoms with Crippen molar-refractivity contribution in [1.82, 2.24) is 20.4 Å². The fourth-order valence-corrected chi connectivity index (χ4v) is 9.63. The van der Waals surface area contributed by atoms with Gasteiger partial charge in [0.25, 0.3) is 0 Å². The van der Waals surface area contributed by atoms with E-state index in [9.17, 15) is 33.9 Å². The minimum absolute atomic E-state index is 0.0577. The molecule has 0 aliphatic carbocycles. The van der Waals surface area contributed by atoms with Crippen LogP contribution in [0.4, 0.5) is 10.5 Å². The first-order valence-corrected chi connectivity index (χ1v) is 23.8. The molecule has 69 heavy (non-hydrogen) atoms. The van der Waals surface area contributed by atoms with Crippen molar-refractivity contribution in [2.45, 2.75) is 133 Å². The third-order valence-electron chi connectivity index (χ3n) is 13.4. The molecule has 5 aliphatic rings. The Kier molecular flexibility index (Phi) is 19.4. The van der Waals surface area contributed by atoms with Crippen LogP contribution in [0.3, 0.4) is 0 Å². The number of esters is 1. The molecule has 5 heterocycles.